The lowest BCUT2D eigenvalue weighted by atomic mass is 9.90. The molecule has 0 aliphatic carbocycles. The molecule has 0 bridgehead atoms. The van der Waals surface area contributed by atoms with Gasteiger partial charge < -0.3 is 4.90 Å². The highest BCUT2D eigenvalue weighted by atomic mass is 32.1. The summed E-state index contributed by atoms with van der Waals surface area (Å²) in [4.78, 5) is 25.6. The number of aromatic nitrogens is 3. The van der Waals surface area contributed by atoms with Crippen molar-refractivity contribution in [1.29, 1.82) is 5.26 Å². The zero-order valence-electron chi connectivity index (χ0n) is 25.6. The number of hydrogen-bond donors (Lipinski definition) is 0. The van der Waals surface area contributed by atoms with E-state index in [1.165, 1.54) is 33.9 Å². The molecule has 2 aromatic carbocycles. The van der Waals surface area contributed by atoms with Crippen molar-refractivity contribution in [1.82, 2.24) is 24.2 Å². The molecule has 45 heavy (non-hydrogen) atoms. The Hall–Kier alpha value is -4.46. The summed E-state index contributed by atoms with van der Waals surface area (Å²) in [5.74, 6) is -0.332. The van der Waals surface area contributed by atoms with Crippen molar-refractivity contribution in [2.75, 3.05) is 33.2 Å². The van der Waals surface area contributed by atoms with Gasteiger partial charge in [-0.2, -0.15) is 5.26 Å². The summed E-state index contributed by atoms with van der Waals surface area (Å²) in [6.07, 6.45) is 4.57. The molecule has 7 nitrogen and oxygen atoms in total. The van der Waals surface area contributed by atoms with Gasteiger partial charge in [-0.3, -0.25) is 14.1 Å². The van der Waals surface area contributed by atoms with Crippen molar-refractivity contribution in [3.8, 4) is 39.2 Å². The maximum absolute atomic E-state index is 16.3. The Kier molecular flexibility index (Phi) is 8.74. The first kappa shape index (κ1) is 30.6. The van der Waals surface area contributed by atoms with Gasteiger partial charge in [0.25, 0.3) is 0 Å². The second-order valence-electron chi connectivity index (χ2n) is 11.6. The first-order chi connectivity index (χ1) is 21.8. The van der Waals surface area contributed by atoms with Crippen LogP contribution in [0.1, 0.15) is 42.5 Å². The van der Waals surface area contributed by atoms with E-state index in [4.69, 9.17) is 15.2 Å². The molecule has 230 valence electrons. The number of thiazole rings is 1. The standard InChI is InChI=1S/C35H34F2N6OS/c1-4-29-34(28-11-10-27(22(2)33(28)37)35-40-30(21-45-35)24-5-8-26(36)9-6-24)43-19-25(7-12-31(43)39-29)23-13-16-42(17-14-23)20-32(44)41(3)18-15-38/h5-12,19,21,23H,4,13-14,16-18,20H2,1-3H3. The Morgan fingerprint density at radius 2 is 1.80 bits per heavy atom. The summed E-state index contributed by atoms with van der Waals surface area (Å²) in [6.45, 7) is 5.81. The van der Waals surface area contributed by atoms with E-state index in [2.05, 4.69) is 17.2 Å². The number of likely N-dealkylation sites (N-methyl/N-ethyl adjacent to an activating group) is 1. The van der Waals surface area contributed by atoms with Crippen molar-refractivity contribution in [3.05, 3.63) is 88.6 Å². The van der Waals surface area contributed by atoms with Crippen LogP contribution in [0.5, 0.6) is 0 Å². The fourth-order valence-electron chi connectivity index (χ4n) is 6.06. The molecular formula is C35H34F2N6OS. The number of hydrogen-bond acceptors (Lipinski definition) is 6. The minimum atomic E-state index is -0.302. The molecule has 0 atom stereocenters. The maximum atomic E-state index is 16.3. The third kappa shape index (κ3) is 6.10. The largest absolute Gasteiger partial charge is 0.331 e. The quantitative estimate of drug-likeness (QED) is 0.172. The van der Waals surface area contributed by atoms with Crippen LogP contribution in [0.25, 0.3) is 38.7 Å². The number of likely N-dealkylation sites (tertiary alicyclic amines) is 1. The average molecular weight is 625 g/mol. The number of piperidine rings is 1. The Morgan fingerprint density at radius 3 is 2.51 bits per heavy atom. The van der Waals surface area contributed by atoms with Crippen LogP contribution in [0.3, 0.4) is 0 Å². The van der Waals surface area contributed by atoms with Crippen LogP contribution in [-0.4, -0.2) is 63.3 Å². The molecule has 1 saturated heterocycles. The van der Waals surface area contributed by atoms with E-state index >= 15 is 4.39 Å². The van der Waals surface area contributed by atoms with E-state index < -0.39 is 0 Å². The molecule has 0 N–H and O–H groups in total. The number of pyridine rings is 1. The first-order valence-corrected chi connectivity index (χ1v) is 16.0. The molecule has 4 heterocycles. The molecule has 0 saturated carbocycles. The molecule has 5 aromatic rings. The molecule has 1 fully saturated rings. The molecule has 0 unspecified atom stereocenters. The number of rotatable bonds is 8. The Labute approximate surface area is 265 Å². The van der Waals surface area contributed by atoms with E-state index in [1.54, 1.807) is 26.1 Å². The van der Waals surface area contributed by atoms with E-state index in [0.717, 1.165) is 59.8 Å². The number of amides is 1. The second kappa shape index (κ2) is 12.9. The van der Waals surface area contributed by atoms with Crippen LogP contribution in [0.2, 0.25) is 0 Å². The predicted octanol–water partition coefficient (Wildman–Crippen LogP) is 7.10. The van der Waals surface area contributed by atoms with Crippen LogP contribution < -0.4 is 0 Å². The van der Waals surface area contributed by atoms with Gasteiger partial charge in [0, 0.05) is 35.3 Å². The Balaban J connectivity index is 1.27. The molecular weight excluding hydrogens is 590 g/mol. The van der Waals surface area contributed by atoms with Crippen molar-refractivity contribution in [3.63, 3.8) is 0 Å². The smallest absolute Gasteiger partial charge is 0.237 e. The van der Waals surface area contributed by atoms with E-state index in [-0.39, 0.29) is 24.1 Å². The lowest BCUT2D eigenvalue weighted by molar-refractivity contribution is -0.130. The van der Waals surface area contributed by atoms with E-state index in [0.29, 0.717) is 35.0 Å². The minimum Gasteiger partial charge on any atom is -0.331 e. The van der Waals surface area contributed by atoms with E-state index in [1.807, 2.05) is 41.0 Å². The van der Waals surface area contributed by atoms with Crippen molar-refractivity contribution in [2.24, 2.45) is 0 Å². The number of fused-ring (bicyclic) bond motifs is 1. The summed E-state index contributed by atoms with van der Waals surface area (Å²) in [5.41, 5.74) is 6.82. The molecule has 1 aliphatic heterocycles. The van der Waals surface area contributed by atoms with Gasteiger partial charge in [-0.1, -0.05) is 19.1 Å². The topological polar surface area (TPSA) is 77.5 Å². The van der Waals surface area contributed by atoms with Gasteiger partial charge in [0.05, 0.1) is 29.7 Å². The number of benzene rings is 2. The summed E-state index contributed by atoms with van der Waals surface area (Å²) in [6, 6.07) is 16.1. The number of carbonyl (C=O) groups excluding carboxylic acids is 1. The second-order valence-corrected chi connectivity index (χ2v) is 12.4. The Morgan fingerprint density at radius 1 is 1.07 bits per heavy atom. The van der Waals surface area contributed by atoms with Crippen molar-refractivity contribution < 1.29 is 13.6 Å². The van der Waals surface area contributed by atoms with Gasteiger partial charge >= 0.3 is 0 Å². The SMILES string of the molecule is CCc1nc2ccc(C3CCN(CC(=O)N(C)CC#N)CC3)cn2c1-c1ccc(-c2nc(-c3ccc(F)cc3)cs2)c(C)c1F. The van der Waals surface area contributed by atoms with Gasteiger partial charge in [0.2, 0.25) is 5.91 Å². The molecule has 10 heteroatoms. The van der Waals surface area contributed by atoms with Gasteiger partial charge in [0.1, 0.15) is 28.8 Å². The number of aryl methyl sites for hydroxylation is 1. The zero-order chi connectivity index (χ0) is 31.7. The molecule has 1 aliphatic rings. The van der Waals surface area contributed by atoms with Gasteiger partial charge in [-0.05, 0) is 92.7 Å². The first-order valence-electron chi connectivity index (χ1n) is 15.1. The number of nitriles is 1. The molecule has 0 radical (unpaired) electrons. The van der Waals surface area contributed by atoms with Crippen molar-refractivity contribution in [2.45, 2.75) is 39.0 Å². The highest BCUT2D eigenvalue weighted by Crippen LogP contribution is 2.37. The van der Waals surface area contributed by atoms with Gasteiger partial charge in [0.15, 0.2) is 0 Å². The van der Waals surface area contributed by atoms with Gasteiger partial charge in [-0.15, -0.1) is 11.3 Å². The molecule has 1 amide bonds. The normalized spacial score (nSPS) is 14.1. The maximum Gasteiger partial charge on any atom is 0.237 e. The molecule has 6 rings (SSSR count). The monoisotopic (exact) mass is 624 g/mol. The molecule has 0 spiro atoms. The summed E-state index contributed by atoms with van der Waals surface area (Å²) >= 11 is 1.44. The number of imidazole rings is 1. The third-order valence-electron chi connectivity index (χ3n) is 8.72. The fourth-order valence-corrected chi connectivity index (χ4v) is 6.98. The number of carbonyl (C=O) groups is 1. The number of nitrogens with zero attached hydrogens (tertiary/aromatic N) is 6. The summed E-state index contributed by atoms with van der Waals surface area (Å²) in [5, 5.41) is 11.5. The minimum absolute atomic E-state index is 0.0434. The zero-order valence-corrected chi connectivity index (χ0v) is 26.4. The summed E-state index contributed by atoms with van der Waals surface area (Å²) in [7, 11) is 1.66. The highest BCUT2D eigenvalue weighted by Gasteiger charge is 2.25. The Bertz CT molecular complexity index is 1900. The lowest BCUT2D eigenvalue weighted by Crippen LogP contribution is -2.42. The fraction of sp³-hybridized carbons (Fsp3) is 0.314. The van der Waals surface area contributed by atoms with Crippen LogP contribution in [0.15, 0.2) is 60.1 Å². The third-order valence-corrected chi connectivity index (χ3v) is 9.59. The highest BCUT2D eigenvalue weighted by molar-refractivity contribution is 7.13. The predicted molar refractivity (Wildman–Crippen MR) is 173 cm³/mol. The van der Waals surface area contributed by atoms with Crippen LogP contribution >= 0.6 is 11.3 Å². The van der Waals surface area contributed by atoms with E-state index in [9.17, 15) is 9.18 Å². The lowest BCUT2D eigenvalue weighted by Gasteiger charge is -2.32. The van der Waals surface area contributed by atoms with Crippen LogP contribution in [0, 0.1) is 29.9 Å². The van der Waals surface area contributed by atoms with Gasteiger partial charge in [-0.25, -0.2) is 18.7 Å². The average Bonchev–Trinajstić information content (AvgIpc) is 3.68. The van der Waals surface area contributed by atoms with Crippen molar-refractivity contribution >= 4 is 22.9 Å². The van der Waals surface area contributed by atoms with Crippen LogP contribution in [0.4, 0.5) is 8.78 Å². The molecule has 3 aromatic heterocycles. The summed E-state index contributed by atoms with van der Waals surface area (Å²) < 4.78 is 31.7. The van der Waals surface area contributed by atoms with Crippen LogP contribution in [-0.2, 0) is 11.2 Å². The number of halogens is 2.